The number of benzene rings is 1. The van der Waals surface area contributed by atoms with Gasteiger partial charge in [0.1, 0.15) is 17.6 Å². The molecule has 2 aromatic rings. The van der Waals surface area contributed by atoms with E-state index in [4.69, 9.17) is 9.26 Å². The van der Waals surface area contributed by atoms with Crippen molar-refractivity contribution in [1.29, 1.82) is 0 Å². The maximum Gasteiger partial charge on any atom is 0.323 e. The monoisotopic (exact) mass is 391 g/mol. The van der Waals surface area contributed by atoms with E-state index in [9.17, 15) is 4.79 Å². The number of aryl methyl sites for hydroxylation is 1. The molecule has 0 unspecified atom stereocenters. The topological polar surface area (TPSA) is 67.6 Å². The number of hydrogen-bond donors (Lipinski definition) is 1. The minimum atomic E-state index is -0.269. The maximum absolute atomic E-state index is 12.8. The van der Waals surface area contributed by atoms with Gasteiger partial charge >= 0.3 is 6.03 Å². The summed E-state index contributed by atoms with van der Waals surface area (Å²) < 4.78 is 12.2. The fraction of sp³-hybridized carbons (Fsp3) is 0.412. The fourth-order valence-electron chi connectivity index (χ4n) is 3.21. The van der Waals surface area contributed by atoms with Crippen LogP contribution in [0.2, 0.25) is 0 Å². The zero-order valence-corrected chi connectivity index (χ0v) is 14.9. The Bertz CT molecular complexity index is 785. The van der Waals surface area contributed by atoms with Crippen molar-refractivity contribution in [3.05, 3.63) is 40.1 Å². The summed E-state index contributed by atoms with van der Waals surface area (Å²) in [5.41, 5.74) is 1.53. The highest BCUT2D eigenvalue weighted by Crippen LogP contribution is 2.41. The molecule has 6 nitrogen and oxygen atoms in total. The van der Waals surface area contributed by atoms with Crippen LogP contribution in [0.25, 0.3) is 0 Å². The van der Waals surface area contributed by atoms with Crippen LogP contribution in [0.5, 0.6) is 5.75 Å². The number of rotatable bonds is 1. The minimum Gasteiger partial charge on any atom is -0.485 e. The first-order valence-corrected chi connectivity index (χ1v) is 8.78. The first-order valence-electron chi connectivity index (χ1n) is 7.99. The van der Waals surface area contributed by atoms with Gasteiger partial charge < -0.3 is 14.2 Å². The Balaban J connectivity index is 1.62. The molecule has 0 radical (unpaired) electrons. The largest absolute Gasteiger partial charge is 0.485 e. The number of aromatic nitrogens is 1. The lowest BCUT2D eigenvalue weighted by molar-refractivity contribution is -0.0199. The van der Waals surface area contributed by atoms with E-state index < -0.39 is 0 Å². The predicted molar refractivity (Wildman–Crippen MR) is 92.0 cm³/mol. The van der Waals surface area contributed by atoms with Crippen LogP contribution in [0.15, 0.2) is 33.5 Å². The van der Waals surface area contributed by atoms with Crippen LogP contribution in [0, 0.1) is 6.92 Å². The van der Waals surface area contributed by atoms with Crippen LogP contribution in [0.3, 0.4) is 0 Å². The van der Waals surface area contributed by atoms with Crippen molar-refractivity contribution in [2.45, 2.75) is 38.3 Å². The van der Waals surface area contributed by atoms with E-state index in [1.807, 2.05) is 25.1 Å². The molecule has 0 atom stereocenters. The lowest BCUT2D eigenvalue weighted by atomic mass is 9.79. The van der Waals surface area contributed by atoms with Crippen molar-refractivity contribution in [2.24, 2.45) is 0 Å². The van der Waals surface area contributed by atoms with Crippen LogP contribution in [0.1, 0.15) is 30.4 Å². The zero-order chi connectivity index (χ0) is 16.7. The molecule has 1 aliphatic heterocycles. The van der Waals surface area contributed by atoms with Crippen molar-refractivity contribution in [3.8, 4) is 5.75 Å². The Labute approximate surface area is 148 Å². The number of nitrogens with one attached hydrogen (secondary N) is 1. The molecule has 1 aromatic heterocycles. The molecular formula is C17H18BrN3O3. The van der Waals surface area contributed by atoms with Gasteiger partial charge in [-0.2, -0.15) is 0 Å². The quantitative estimate of drug-likeness (QED) is 0.794. The highest BCUT2D eigenvalue weighted by atomic mass is 79.9. The summed E-state index contributed by atoms with van der Waals surface area (Å²) in [5, 5.41) is 6.66. The average Bonchev–Trinajstić information content (AvgIpc) is 2.82. The third kappa shape index (κ3) is 2.77. The highest BCUT2D eigenvalue weighted by Gasteiger charge is 2.44. The second-order valence-corrected chi connectivity index (χ2v) is 7.44. The molecule has 2 heterocycles. The van der Waals surface area contributed by atoms with Gasteiger partial charge in [0.25, 0.3) is 0 Å². The number of urea groups is 1. The third-order valence-corrected chi connectivity index (χ3v) is 5.21. The van der Waals surface area contributed by atoms with Crippen molar-refractivity contribution in [1.82, 2.24) is 10.1 Å². The van der Waals surface area contributed by atoms with Crippen LogP contribution in [0.4, 0.5) is 10.6 Å². The lowest BCUT2D eigenvalue weighted by Gasteiger charge is -2.42. The number of ether oxygens (including phenoxy) is 1. The summed E-state index contributed by atoms with van der Waals surface area (Å²) in [7, 11) is 0. The minimum absolute atomic E-state index is 0.185. The first-order chi connectivity index (χ1) is 11.5. The number of carbonyl (C=O) groups is 1. The highest BCUT2D eigenvalue weighted by molar-refractivity contribution is 9.10. The van der Waals surface area contributed by atoms with Crippen molar-refractivity contribution in [2.75, 3.05) is 11.9 Å². The Kier molecular flexibility index (Phi) is 3.75. The van der Waals surface area contributed by atoms with Crippen LogP contribution >= 0.6 is 15.9 Å². The average molecular weight is 392 g/mol. The molecule has 126 valence electrons. The SMILES string of the molecule is Cc1conc1NC(=O)N1Cc2cc(Br)ccc2OC2(CCC2)C1. The second kappa shape index (κ2) is 5.81. The second-order valence-electron chi connectivity index (χ2n) is 6.52. The number of amides is 2. The van der Waals surface area contributed by atoms with Gasteiger partial charge in [-0.05, 0) is 44.4 Å². The molecule has 1 N–H and O–H groups in total. The smallest absolute Gasteiger partial charge is 0.323 e. The van der Waals surface area contributed by atoms with E-state index in [1.54, 1.807) is 4.90 Å². The molecule has 0 bridgehead atoms. The molecule has 1 spiro atoms. The number of anilines is 1. The van der Waals surface area contributed by atoms with Crippen LogP contribution in [-0.2, 0) is 6.54 Å². The number of fused-ring (bicyclic) bond motifs is 1. The van der Waals surface area contributed by atoms with Crippen molar-refractivity contribution >= 4 is 27.8 Å². The molecule has 0 saturated heterocycles. The van der Waals surface area contributed by atoms with E-state index >= 15 is 0 Å². The molecule has 7 heteroatoms. The Morgan fingerprint density at radius 1 is 1.42 bits per heavy atom. The van der Waals surface area contributed by atoms with Gasteiger partial charge in [-0.15, -0.1) is 0 Å². The number of hydrogen-bond acceptors (Lipinski definition) is 4. The Hall–Kier alpha value is -2.02. The maximum atomic E-state index is 12.8. The molecular weight excluding hydrogens is 374 g/mol. The van der Waals surface area contributed by atoms with Gasteiger partial charge in [0.05, 0.1) is 13.1 Å². The van der Waals surface area contributed by atoms with Crippen LogP contribution < -0.4 is 10.1 Å². The molecule has 1 aromatic carbocycles. The van der Waals surface area contributed by atoms with Gasteiger partial charge in [-0.1, -0.05) is 21.1 Å². The third-order valence-electron chi connectivity index (χ3n) is 4.71. The van der Waals surface area contributed by atoms with E-state index in [0.717, 1.165) is 40.6 Å². The number of halogens is 1. The van der Waals surface area contributed by atoms with Gasteiger partial charge in [0, 0.05) is 15.6 Å². The van der Waals surface area contributed by atoms with E-state index in [2.05, 4.69) is 26.4 Å². The van der Waals surface area contributed by atoms with Crippen LogP contribution in [-0.4, -0.2) is 28.2 Å². The molecule has 1 saturated carbocycles. The summed E-state index contributed by atoms with van der Waals surface area (Å²) in [6.45, 7) is 2.92. The molecule has 1 fully saturated rings. The van der Waals surface area contributed by atoms with E-state index in [1.165, 1.54) is 6.26 Å². The van der Waals surface area contributed by atoms with E-state index in [0.29, 0.717) is 18.9 Å². The molecule has 24 heavy (non-hydrogen) atoms. The Morgan fingerprint density at radius 2 is 2.25 bits per heavy atom. The summed E-state index contributed by atoms with van der Waals surface area (Å²) >= 11 is 3.49. The van der Waals surface area contributed by atoms with Gasteiger partial charge in [-0.3, -0.25) is 5.32 Å². The lowest BCUT2D eigenvalue weighted by Crippen LogP contribution is -2.52. The van der Waals surface area contributed by atoms with Crippen molar-refractivity contribution in [3.63, 3.8) is 0 Å². The fourth-order valence-corrected chi connectivity index (χ4v) is 3.62. The van der Waals surface area contributed by atoms with E-state index in [-0.39, 0.29) is 11.6 Å². The predicted octanol–water partition coefficient (Wildman–Crippen LogP) is 4.09. The Morgan fingerprint density at radius 3 is 2.92 bits per heavy atom. The number of nitrogens with zero attached hydrogens (tertiary/aromatic N) is 2. The standard InChI is InChI=1S/C17H18BrN3O3/c1-11-9-23-20-15(11)19-16(22)21-8-12-7-13(18)3-4-14(12)24-17(10-21)5-2-6-17/h3-4,7,9H,2,5-6,8,10H2,1H3,(H,19,20,22). The number of carbonyl (C=O) groups excluding carboxylic acids is 1. The van der Waals surface area contributed by atoms with Gasteiger partial charge in [0.2, 0.25) is 0 Å². The summed E-state index contributed by atoms with van der Waals surface area (Å²) in [5.74, 6) is 1.33. The first kappa shape index (κ1) is 15.5. The molecule has 2 aliphatic rings. The normalized spacial score (nSPS) is 18.3. The zero-order valence-electron chi connectivity index (χ0n) is 13.3. The molecule has 2 amide bonds. The molecule has 1 aliphatic carbocycles. The molecule has 4 rings (SSSR count). The van der Waals surface area contributed by atoms with Gasteiger partial charge in [-0.25, -0.2) is 4.79 Å². The van der Waals surface area contributed by atoms with Gasteiger partial charge in [0.15, 0.2) is 5.82 Å². The summed E-state index contributed by atoms with van der Waals surface area (Å²) in [4.78, 5) is 14.6. The summed E-state index contributed by atoms with van der Waals surface area (Å²) in [6.07, 6.45) is 4.58. The van der Waals surface area contributed by atoms with Crippen molar-refractivity contribution < 1.29 is 14.1 Å². The summed E-state index contributed by atoms with van der Waals surface area (Å²) in [6, 6.07) is 5.77.